The van der Waals surface area contributed by atoms with Gasteiger partial charge in [0.05, 0.1) is 6.54 Å². The molecule has 0 radical (unpaired) electrons. The highest BCUT2D eigenvalue weighted by Gasteiger charge is 2.05. The van der Waals surface area contributed by atoms with E-state index < -0.39 is 11.6 Å². The number of unbranched alkanes of at least 4 members (excludes halogenated alkanes) is 1. The number of benzene rings is 1. The predicted octanol–water partition coefficient (Wildman–Crippen LogP) is 3.50. The Kier molecular flexibility index (Phi) is 11.5. The van der Waals surface area contributed by atoms with Crippen LogP contribution in [0.15, 0.2) is 35.6 Å². The number of halogens is 3. The number of hydrogen-bond donors (Lipinski definition) is 2. The van der Waals surface area contributed by atoms with Crippen LogP contribution in [0.1, 0.15) is 25.6 Å². The topological polar surface area (TPSA) is 63.5 Å². The fourth-order valence-corrected chi connectivity index (χ4v) is 2.49. The molecule has 1 aromatic carbocycles. The van der Waals surface area contributed by atoms with Gasteiger partial charge in [-0.05, 0) is 38.8 Å². The Balaban J connectivity index is 0.00000392. The SMILES string of the molecule is CCNC(=NCCCCn1ccnc1C)NCCOc1ccc(F)cc1F.I. The van der Waals surface area contributed by atoms with Crippen LogP contribution in [-0.2, 0) is 6.54 Å². The molecule has 2 aromatic rings. The molecule has 2 rings (SSSR count). The summed E-state index contributed by atoms with van der Waals surface area (Å²) in [7, 11) is 0. The first-order valence-corrected chi connectivity index (χ1v) is 9.18. The highest BCUT2D eigenvalue weighted by molar-refractivity contribution is 14.0. The Morgan fingerprint density at radius 3 is 2.75 bits per heavy atom. The summed E-state index contributed by atoms with van der Waals surface area (Å²) in [5.74, 6) is 0.423. The maximum atomic E-state index is 13.5. The molecule has 28 heavy (non-hydrogen) atoms. The molecular weight excluding hydrogens is 479 g/mol. The number of aliphatic imine (C=N–C) groups is 1. The van der Waals surface area contributed by atoms with E-state index in [1.54, 1.807) is 6.20 Å². The summed E-state index contributed by atoms with van der Waals surface area (Å²) in [6.45, 7) is 7.06. The smallest absolute Gasteiger partial charge is 0.191 e. The second-order valence-corrected chi connectivity index (χ2v) is 5.99. The normalized spacial score (nSPS) is 11.1. The van der Waals surface area contributed by atoms with Crippen molar-refractivity contribution in [3.63, 3.8) is 0 Å². The third-order valence-electron chi connectivity index (χ3n) is 3.89. The third kappa shape index (κ3) is 8.41. The molecule has 0 aliphatic heterocycles. The molecule has 156 valence electrons. The van der Waals surface area contributed by atoms with Gasteiger partial charge in [-0.15, -0.1) is 24.0 Å². The lowest BCUT2D eigenvalue weighted by atomic mass is 10.3. The van der Waals surface area contributed by atoms with Crippen molar-refractivity contribution in [2.24, 2.45) is 4.99 Å². The van der Waals surface area contributed by atoms with E-state index in [0.717, 1.165) is 37.8 Å². The fraction of sp³-hybridized carbons (Fsp3) is 0.474. The van der Waals surface area contributed by atoms with Gasteiger partial charge in [0, 0.05) is 38.1 Å². The minimum Gasteiger partial charge on any atom is -0.489 e. The molecule has 6 nitrogen and oxygen atoms in total. The van der Waals surface area contributed by atoms with Crippen LogP contribution in [0.5, 0.6) is 5.75 Å². The van der Waals surface area contributed by atoms with E-state index in [0.29, 0.717) is 19.0 Å². The van der Waals surface area contributed by atoms with Crippen molar-refractivity contribution in [1.82, 2.24) is 20.2 Å². The number of aryl methyl sites for hydroxylation is 2. The number of imidazole rings is 1. The van der Waals surface area contributed by atoms with Crippen LogP contribution in [-0.4, -0.2) is 41.8 Å². The summed E-state index contributed by atoms with van der Waals surface area (Å²) in [5.41, 5.74) is 0. The van der Waals surface area contributed by atoms with Crippen molar-refractivity contribution in [3.05, 3.63) is 48.1 Å². The number of nitrogens with one attached hydrogen (secondary N) is 2. The zero-order valence-electron chi connectivity index (χ0n) is 16.3. The number of rotatable bonds is 10. The first-order chi connectivity index (χ1) is 13.1. The standard InChI is InChI=1S/C19H27F2N5O.HI/c1-3-22-19(24-8-4-5-11-26-12-9-23-15(26)2)25-10-13-27-18-7-6-16(20)14-17(18)21;/h6-7,9,12,14H,3-5,8,10-11,13H2,1-2H3,(H2,22,24,25);1H. The maximum absolute atomic E-state index is 13.5. The van der Waals surface area contributed by atoms with E-state index in [1.165, 1.54) is 12.1 Å². The molecule has 0 atom stereocenters. The minimum atomic E-state index is -0.705. The molecule has 0 saturated heterocycles. The van der Waals surface area contributed by atoms with Crippen LogP contribution in [0.2, 0.25) is 0 Å². The van der Waals surface area contributed by atoms with Gasteiger partial charge in [-0.1, -0.05) is 0 Å². The summed E-state index contributed by atoms with van der Waals surface area (Å²) in [6.07, 6.45) is 5.77. The highest BCUT2D eigenvalue weighted by Crippen LogP contribution is 2.17. The minimum absolute atomic E-state index is 0. The number of hydrogen-bond acceptors (Lipinski definition) is 3. The molecule has 9 heteroatoms. The van der Waals surface area contributed by atoms with Crippen LogP contribution < -0.4 is 15.4 Å². The third-order valence-corrected chi connectivity index (χ3v) is 3.89. The van der Waals surface area contributed by atoms with E-state index in [9.17, 15) is 8.78 Å². The van der Waals surface area contributed by atoms with Gasteiger partial charge < -0.3 is 19.9 Å². The van der Waals surface area contributed by atoms with E-state index in [2.05, 4.69) is 25.2 Å². The van der Waals surface area contributed by atoms with Crippen LogP contribution in [0.3, 0.4) is 0 Å². The maximum Gasteiger partial charge on any atom is 0.191 e. The van der Waals surface area contributed by atoms with Gasteiger partial charge in [-0.3, -0.25) is 4.99 Å². The Labute approximate surface area is 181 Å². The van der Waals surface area contributed by atoms with Gasteiger partial charge in [0.1, 0.15) is 18.2 Å². The monoisotopic (exact) mass is 507 g/mol. The summed E-state index contributed by atoms with van der Waals surface area (Å²) < 4.78 is 33.8. The van der Waals surface area contributed by atoms with Crippen LogP contribution in [0, 0.1) is 18.6 Å². The Morgan fingerprint density at radius 1 is 1.25 bits per heavy atom. The van der Waals surface area contributed by atoms with Crippen LogP contribution in [0.4, 0.5) is 8.78 Å². The van der Waals surface area contributed by atoms with Crippen molar-refractivity contribution in [1.29, 1.82) is 0 Å². The molecule has 0 amide bonds. The lowest BCUT2D eigenvalue weighted by molar-refractivity contribution is 0.304. The quantitative estimate of drug-likeness (QED) is 0.224. The second-order valence-electron chi connectivity index (χ2n) is 5.99. The average Bonchev–Trinajstić information content (AvgIpc) is 3.04. The molecule has 0 aliphatic rings. The molecule has 0 unspecified atom stereocenters. The van der Waals surface area contributed by atoms with Crippen molar-refractivity contribution < 1.29 is 13.5 Å². The summed E-state index contributed by atoms with van der Waals surface area (Å²) in [6, 6.07) is 3.26. The van der Waals surface area contributed by atoms with Gasteiger partial charge in [0.15, 0.2) is 17.5 Å². The summed E-state index contributed by atoms with van der Waals surface area (Å²) in [5, 5.41) is 6.30. The van der Waals surface area contributed by atoms with E-state index in [1.807, 2.05) is 20.0 Å². The van der Waals surface area contributed by atoms with Gasteiger partial charge in [-0.2, -0.15) is 0 Å². The van der Waals surface area contributed by atoms with Crippen LogP contribution >= 0.6 is 24.0 Å². The Hall–Kier alpha value is -1.91. The number of nitrogens with zero attached hydrogens (tertiary/aromatic N) is 3. The van der Waals surface area contributed by atoms with Crippen molar-refractivity contribution >= 4 is 29.9 Å². The van der Waals surface area contributed by atoms with E-state index in [4.69, 9.17) is 4.74 Å². The van der Waals surface area contributed by atoms with E-state index >= 15 is 0 Å². The zero-order chi connectivity index (χ0) is 19.5. The number of ether oxygens (including phenoxy) is 1. The molecule has 1 aromatic heterocycles. The lowest BCUT2D eigenvalue weighted by Crippen LogP contribution is -2.39. The molecule has 0 fully saturated rings. The van der Waals surface area contributed by atoms with Gasteiger partial charge in [0.2, 0.25) is 0 Å². The molecule has 0 spiro atoms. The van der Waals surface area contributed by atoms with Gasteiger partial charge >= 0.3 is 0 Å². The number of guanidine groups is 1. The van der Waals surface area contributed by atoms with Gasteiger partial charge in [0.25, 0.3) is 0 Å². The lowest BCUT2D eigenvalue weighted by Gasteiger charge is -2.12. The molecule has 0 aliphatic carbocycles. The molecule has 2 N–H and O–H groups in total. The summed E-state index contributed by atoms with van der Waals surface area (Å²) in [4.78, 5) is 8.72. The first kappa shape index (κ1) is 24.1. The largest absolute Gasteiger partial charge is 0.489 e. The Bertz CT molecular complexity index is 739. The fourth-order valence-electron chi connectivity index (χ4n) is 2.49. The molecule has 0 saturated carbocycles. The van der Waals surface area contributed by atoms with Crippen LogP contribution in [0.25, 0.3) is 0 Å². The number of aromatic nitrogens is 2. The highest BCUT2D eigenvalue weighted by atomic mass is 127. The molecule has 1 heterocycles. The van der Waals surface area contributed by atoms with Gasteiger partial charge in [-0.25, -0.2) is 13.8 Å². The average molecular weight is 507 g/mol. The zero-order valence-corrected chi connectivity index (χ0v) is 18.6. The predicted molar refractivity (Wildman–Crippen MR) is 117 cm³/mol. The second kappa shape index (κ2) is 13.3. The first-order valence-electron chi connectivity index (χ1n) is 9.18. The van der Waals surface area contributed by atoms with Crippen molar-refractivity contribution in [3.8, 4) is 5.75 Å². The molecular formula is C19H28F2IN5O. The van der Waals surface area contributed by atoms with Crippen molar-refractivity contribution in [2.45, 2.75) is 33.2 Å². The summed E-state index contributed by atoms with van der Waals surface area (Å²) >= 11 is 0. The Morgan fingerprint density at radius 2 is 2.07 bits per heavy atom. The van der Waals surface area contributed by atoms with Crippen molar-refractivity contribution in [2.75, 3.05) is 26.2 Å². The molecule has 0 bridgehead atoms. The van der Waals surface area contributed by atoms with E-state index in [-0.39, 0.29) is 36.3 Å².